The van der Waals surface area contributed by atoms with Crippen LogP contribution in [0, 0.1) is 6.58 Å². The fourth-order valence-corrected chi connectivity index (χ4v) is 0. The van der Waals surface area contributed by atoms with Gasteiger partial charge in [-0.15, -0.1) is 0 Å². The van der Waals surface area contributed by atoms with Gasteiger partial charge in [-0.05, 0) is 6.92 Å². The van der Waals surface area contributed by atoms with E-state index in [1.54, 1.807) is 6.92 Å². The minimum Gasteiger partial charge on any atom is -0.538 e. The van der Waals surface area contributed by atoms with E-state index < -0.39 is 0 Å². The van der Waals surface area contributed by atoms with E-state index in [9.17, 15) is 0 Å². The molecule has 0 aliphatic carbocycles. The summed E-state index contributed by atoms with van der Waals surface area (Å²) in [5, 5.41) is 0. The molecule has 0 saturated carbocycles. The van der Waals surface area contributed by atoms with Gasteiger partial charge in [0.05, 0.1) is 7.11 Å². The van der Waals surface area contributed by atoms with Gasteiger partial charge in [-0.3, -0.25) is 0 Å². The Balaban J connectivity index is 0. The SMILES string of the molecule is [CH-]=C(C)OC.[V]. The molecule has 0 spiro atoms. The van der Waals surface area contributed by atoms with Gasteiger partial charge in [0.25, 0.3) is 0 Å². The first-order valence-electron chi connectivity index (χ1n) is 1.40. The van der Waals surface area contributed by atoms with Crippen LogP contribution in [0.25, 0.3) is 0 Å². The third-order valence-corrected chi connectivity index (χ3v) is 0.322. The summed E-state index contributed by atoms with van der Waals surface area (Å²) in [5.41, 5.74) is 0. The molecule has 0 amide bonds. The number of hydrogen-bond donors (Lipinski definition) is 0. The first-order valence-corrected chi connectivity index (χ1v) is 1.40. The van der Waals surface area contributed by atoms with Crippen molar-refractivity contribution in [3.8, 4) is 0 Å². The van der Waals surface area contributed by atoms with Crippen molar-refractivity contribution in [3.63, 3.8) is 0 Å². The van der Waals surface area contributed by atoms with Crippen molar-refractivity contribution >= 4 is 0 Å². The van der Waals surface area contributed by atoms with Gasteiger partial charge in [0, 0.05) is 18.6 Å². The maximum Gasteiger partial charge on any atom is 0.0726 e. The zero-order valence-electron chi connectivity index (χ0n) is 3.93. The summed E-state index contributed by atoms with van der Waals surface area (Å²) in [4.78, 5) is 0. The quantitative estimate of drug-likeness (QED) is 0.372. The van der Waals surface area contributed by atoms with E-state index in [-0.39, 0.29) is 18.6 Å². The molecular weight excluding hydrogens is 115 g/mol. The molecular formula is C4H7OV-. The predicted octanol–water partition coefficient (Wildman–Crippen LogP) is 0.967. The summed E-state index contributed by atoms with van der Waals surface area (Å²) in [7, 11) is 1.54. The molecule has 0 fully saturated rings. The Hall–Kier alpha value is 0.124. The summed E-state index contributed by atoms with van der Waals surface area (Å²) < 4.78 is 4.44. The molecule has 2 heteroatoms. The van der Waals surface area contributed by atoms with Crippen molar-refractivity contribution in [1.29, 1.82) is 0 Å². The average molecular weight is 122 g/mol. The summed E-state index contributed by atoms with van der Waals surface area (Å²) in [5.74, 6) is 0.505. The molecule has 0 heterocycles. The van der Waals surface area contributed by atoms with Gasteiger partial charge in [0.2, 0.25) is 0 Å². The first-order chi connectivity index (χ1) is 2.27. The molecule has 0 aromatic heterocycles. The van der Waals surface area contributed by atoms with Gasteiger partial charge in [0.15, 0.2) is 0 Å². The van der Waals surface area contributed by atoms with Gasteiger partial charge in [-0.2, -0.15) is 0 Å². The van der Waals surface area contributed by atoms with E-state index in [1.807, 2.05) is 0 Å². The van der Waals surface area contributed by atoms with E-state index in [4.69, 9.17) is 6.58 Å². The predicted molar refractivity (Wildman–Crippen MR) is 20.5 cm³/mol. The second-order valence-corrected chi connectivity index (χ2v) is 0.815. The molecule has 0 aliphatic rings. The number of methoxy groups -OCH3 is 1. The maximum absolute atomic E-state index is 4.99. The molecule has 35 valence electrons. The van der Waals surface area contributed by atoms with Crippen LogP contribution in [-0.4, -0.2) is 7.11 Å². The van der Waals surface area contributed by atoms with Gasteiger partial charge >= 0.3 is 0 Å². The number of ether oxygens (including phenoxy) is 1. The molecule has 0 atom stereocenters. The molecule has 0 bridgehead atoms. The second-order valence-electron chi connectivity index (χ2n) is 0.815. The summed E-state index contributed by atoms with van der Waals surface area (Å²) >= 11 is 0. The van der Waals surface area contributed by atoms with Crippen molar-refractivity contribution in [2.75, 3.05) is 7.11 Å². The third kappa shape index (κ3) is 8.92. The fourth-order valence-electron chi connectivity index (χ4n) is 0. The van der Waals surface area contributed by atoms with Crippen LogP contribution in [0.2, 0.25) is 0 Å². The minimum atomic E-state index is 0. The standard InChI is InChI=1S/C4H7O.V/c1-4(2)5-3;/h1H,2-3H3;/q-1;. The van der Waals surface area contributed by atoms with E-state index in [1.165, 1.54) is 7.11 Å². The first kappa shape index (κ1) is 9.45. The van der Waals surface area contributed by atoms with Gasteiger partial charge < -0.3 is 11.3 Å². The number of rotatable bonds is 1. The Morgan fingerprint density at radius 1 is 1.67 bits per heavy atom. The topological polar surface area (TPSA) is 9.23 Å². The van der Waals surface area contributed by atoms with Crippen molar-refractivity contribution in [2.45, 2.75) is 6.92 Å². The van der Waals surface area contributed by atoms with Gasteiger partial charge in [-0.1, -0.05) is 5.76 Å². The normalized spacial score (nSPS) is 5.67. The molecule has 0 saturated heterocycles. The van der Waals surface area contributed by atoms with Crippen molar-refractivity contribution in [3.05, 3.63) is 12.3 Å². The van der Waals surface area contributed by atoms with Gasteiger partial charge in [0.1, 0.15) is 0 Å². The molecule has 0 rings (SSSR count). The fraction of sp³-hybridized carbons (Fsp3) is 0.500. The average Bonchev–Trinajstić information content (AvgIpc) is 1.38. The Morgan fingerprint density at radius 2 is 1.83 bits per heavy atom. The van der Waals surface area contributed by atoms with Crippen LogP contribution in [0.5, 0.6) is 0 Å². The number of allylic oxidation sites excluding steroid dienone is 1. The van der Waals surface area contributed by atoms with Crippen molar-refractivity contribution in [2.24, 2.45) is 0 Å². The summed E-state index contributed by atoms with van der Waals surface area (Å²) in [6, 6.07) is 0. The van der Waals surface area contributed by atoms with Crippen LogP contribution < -0.4 is 0 Å². The van der Waals surface area contributed by atoms with Gasteiger partial charge in [-0.25, -0.2) is 0 Å². The smallest absolute Gasteiger partial charge is 0.0726 e. The molecule has 6 heavy (non-hydrogen) atoms. The van der Waals surface area contributed by atoms with Crippen molar-refractivity contribution < 1.29 is 23.3 Å². The zero-order chi connectivity index (χ0) is 4.28. The molecule has 1 radical (unpaired) electrons. The van der Waals surface area contributed by atoms with E-state index in [0.29, 0.717) is 5.76 Å². The zero-order valence-corrected chi connectivity index (χ0v) is 5.33. The van der Waals surface area contributed by atoms with Crippen molar-refractivity contribution in [1.82, 2.24) is 0 Å². The second kappa shape index (κ2) is 5.12. The van der Waals surface area contributed by atoms with E-state index in [0.717, 1.165) is 0 Å². The van der Waals surface area contributed by atoms with Crippen LogP contribution >= 0.6 is 0 Å². The molecule has 0 aromatic rings. The monoisotopic (exact) mass is 122 g/mol. The Morgan fingerprint density at radius 3 is 1.83 bits per heavy atom. The summed E-state index contributed by atoms with van der Waals surface area (Å²) in [6.07, 6.45) is 0. The van der Waals surface area contributed by atoms with Crippen LogP contribution in [0.4, 0.5) is 0 Å². The van der Waals surface area contributed by atoms with Crippen LogP contribution in [0.15, 0.2) is 5.76 Å². The third-order valence-electron chi connectivity index (χ3n) is 0.322. The molecule has 0 N–H and O–H groups in total. The molecule has 0 unspecified atom stereocenters. The largest absolute Gasteiger partial charge is 0.538 e. The molecule has 1 nitrogen and oxygen atoms in total. The molecule has 0 aliphatic heterocycles. The maximum atomic E-state index is 4.99. The molecule has 0 aromatic carbocycles. The van der Waals surface area contributed by atoms with Crippen LogP contribution in [-0.2, 0) is 23.3 Å². The Labute approximate surface area is 50.3 Å². The van der Waals surface area contributed by atoms with Crippen LogP contribution in [0.1, 0.15) is 6.92 Å². The van der Waals surface area contributed by atoms with E-state index >= 15 is 0 Å². The Bertz CT molecular complexity index is 42.8. The Kier molecular flexibility index (Phi) is 8.07. The number of hydrogen-bond acceptors (Lipinski definition) is 1. The van der Waals surface area contributed by atoms with E-state index in [2.05, 4.69) is 4.74 Å². The van der Waals surface area contributed by atoms with Crippen LogP contribution in [0.3, 0.4) is 0 Å². The minimum absolute atomic E-state index is 0. The summed E-state index contributed by atoms with van der Waals surface area (Å²) in [6.45, 7) is 6.68.